The number of carbonyl (C=O) groups is 1. The van der Waals surface area contributed by atoms with E-state index in [2.05, 4.69) is 17.7 Å². The number of methoxy groups -OCH3 is 1. The van der Waals surface area contributed by atoms with E-state index >= 15 is 0 Å². The van der Waals surface area contributed by atoms with E-state index < -0.39 is 0 Å². The second-order valence-corrected chi connectivity index (χ2v) is 8.97. The van der Waals surface area contributed by atoms with Gasteiger partial charge in [0.1, 0.15) is 10.6 Å². The first-order valence-corrected chi connectivity index (χ1v) is 11.2. The summed E-state index contributed by atoms with van der Waals surface area (Å²) in [6, 6.07) is 11.3. The van der Waals surface area contributed by atoms with Crippen LogP contribution >= 0.6 is 34.5 Å². The lowest BCUT2D eigenvalue weighted by Gasteiger charge is -2.11. The maximum Gasteiger partial charge on any atom is 0.348 e. The molecule has 1 aromatic heterocycles. The van der Waals surface area contributed by atoms with Gasteiger partial charge in [0.2, 0.25) is 0 Å². The van der Waals surface area contributed by atoms with Gasteiger partial charge in [-0.3, -0.25) is 0 Å². The van der Waals surface area contributed by atoms with Gasteiger partial charge in [0.25, 0.3) is 0 Å². The van der Waals surface area contributed by atoms with Gasteiger partial charge < -0.3 is 9.47 Å². The smallest absolute Gasteiger partial charge is 0.348 e. The van der Waals surface area contributed by atoms with Gasteiger partial charge >= 0.3 is 5.97 Å². The van der Waals surface area contributed by atoms with Crippen molar-refractivity contribution in [2.24, 2.45) is 11.8 Å². The molecule has 0 radical (unpaired) electrons. The fourth-order valence-electron chi connectivity index (χ4n) is 3.14. The predicted octanol–water partition coefficient (Wildman–Crippen LogP) is 6.80. The van der Waals surface area contributed by atoms with Crippen LogP contribution in [0.3, 0.4) is 0 Å². The minimum absolute atomic E-state index is 0.201. The van der Waals surface area contributed by atoms with Crippen LogP contribution in [-0.2, 0) is 11.2 Å². The first-order valence-electron chi connectivity index (χ1n) is 9.60. The summed E-state index contributed by atoms with van der Waals surface area (Å²) in [6.45, 7) is 2.76. The summed E-state index contributed by atoms with van der Waals surface area (Å²) in [7, 11) is 1.40. The highest BCUT2D eigenvalue weighted by atomic mass is 35.5. The topological polar surface area (TPSA) is 59.3 Å². The van der Waals surface area contributed by atoms with Crippen LogP contribution in [0.5, 0.6) is 5.75 Å². The molecule has 29 heavy (non-hydrogen) atoms. The van der Waals surface area contributed by atoms with Gasteiger partial charge in [0.05, 0.1) is 19.8 Å². The highest BCUT2D eigenvalue weighted by Crippen LogP contribution is 2.31. The lowest BCUT2D eigenvalue weighted by molar-refractivity contribution is 0.0606. The summed E-state index contributed by atoms with van der Waals surface area (Å²) in [5, 5.41) is 9.97. The monoisotopic (exact) mass is 453 g/mol. The Morgan fingerprint density at radius 2 is 1.97 bits per heavy atom. The van der Waals surface area contributed by atoms with Crippen molar-refractivity contribution in [3.8, 4) is 11.8 Å². The molecular weight excluding hydrogens is 429 g/mol. The average molecular weight is 454 g/mol. The second-order valence-electron chi connectivity index (χ2n) is 6.93. The summed E-state index contributed by atoms with van der Waals surface area (Å²) in [6.07, 6.45) is 5.14. The number of rotatable bonds is 6. The molecule has 3 rings (SSSR count). The number of nitrogens with zero attached hydrogens (tertiary/aromatic N) is 1. The molecule has 1 aliphatic rings. The van der Waals surface area contributed by atoms with E-state index in [-0.39, 0.29) is 11.9 Å². The van der Waals surface area contributed by atoms with Crippen molar-refractivity contribution in [2.45, 2.75) is 39.0 Å². The number of aryl methyl sites for hydroxylation is 1. The van der Waals surface area contributed by atoms with Crippen molar-refractivity contribution >= 4 is 40.5 Å². The molecule has 0 spiro atoms. The highest BCUT2D eigenvalue weighted by molar-refractivity contribution is 7.13. The fourth-order valence-corrected chi connectivity index (χ4v) is 4.67. The summed E-state index contributed by atoms with van der Waals surface area (Å²) in [4.78, 5) is 13.0. The minimum atomic E-state index is -0.234. The van der Waals surface area contributed by atoms with Crippen molar-refractivity contribution in [1.82, 2.24) is 0 Å². The van der Waals surface area contributed by atoms with Gasteiger partial charge in [-0.1, -0.05) is 36.5 Å². The third kappa shape index (κ3) is 7.89. The lowest BCUT2D eigenvalue weighted by atomic mass is 10.1. The van der Waals surface area contributed by atoms with Gasteiger partial charge in [-0.05, 0) is 61.9 Å². The molecule has 2 aromatic rings. The molecule has 1 heterocycles. The second kappa shape index (κ2) is 12.1. The maximum absolute atomic E-state index is 11.0. The Balaban J connectivity index is 0.000000221. The maximum atomic E-state index is 11.0. The zero-order chi connectivity index (χ0) is 21.2. The number of hydrogen-bond acceptors (Lipinski definition) is 5. The highest BCUT2D eigenvalue weighted by Gasteiger charge is 2.24. The SMILES string of the molecule is CCCc1ccc(C(=O)OC)s1.N#CC1CCC(COc2cc(Cl)cc(Cl)c2)C1. The number of nitriles is 1. The third-order valence-corrected chi connectivity index (χ3v) is 6.15. The summed E-state index contributed by atoms with van der Waals surface area (Å²) < 4.78 is 10.3. The van der Waals surface area contributed by atoms with E-state index in [1.165, 1.54) is 23.3 Å². The molecule has 1 aromatic carbocycles. The molecule has 1 saturated carbocycles. The molecule has 7 heteroatoms. The van der Waals surface area contributed by atoms with Crippen LogP contribution in [-0.4, -0.2) is 19.7 Å². The molecule has 156 valence electrons. The molecule has 0 bridgehead atoms. The molecule has 1 aliphatic carbocycles. The first-order chi connectivity index (χ1) is 13.9. The number of ether oxygens (including phenoxy) is 2. The zero-order valence-electron chi connectivity index (χ0n) is 16.6. The van der Waals surface area contributed by atoms with Gasteiger partial charge in [-0.25, -0.2) is 4.79 Å². The number of thiophene rings is 1. The molecule has 2 atom stereocenters. The number of carbonyl (C=O) groups excluding carboxylic acids is 1. The minimum Gasteiger partial charge on any atom is -0.493 e. The molecule has 2 unspecified atom stereocenters. The Hall–Kier alpha value is -1.74. The molecule has 4 nitrogen and oxygen atoms in total. The van der Waals surface area contributed by atoms with Crippen LogP contribution in [0.15, 0.2) is 30.3 Å². The summed E-state index contributed by atoms with van der Waals surface area (Å²) in [5.41, 5.74) is 0. The van der Waals surface area contributed by atoms with Crippen LogP contribution < -0.4 is 4.74 Å². The van der Waals surface area contributed by atoms with Crippen LogP contribution in [0.25, 0.3) is 0 Å². The number of hydrogen-bond donors (Lipinski definition) is 0. The van der Waals surface area contributed by atoms with E-state index in [0.29, 0.717) is 33.2 Å². The fraction of sp³-hybridized carbons (Fsp3) is 0.455. The van der Waals surface area contributed by atoms with Crippen molar-refractivity contribution in [3.05, 3.63) is 50.1 Å². The number of esters is 1. The third-order valence-electron chi connectivity index (χ3n) is 4.59. The van der Waals surface area contributed by atoms with Gasteiger partial charge in [0, 0.05) is 20.8 Å². The van der Waals surface area contributed by atoms with Crippen molar-refractivity contribution in [3.63, 3.8) is 0 Å². The quantitative estimate of drug-likeness (QED) is 0.451. The average Bonchev–Trinajstić information content (AvgIpc) is 3.35. The molecule has 1 fully saturated rings. The Morgan fingerprint density at radius 3 is 2.55 bits per heavy atom. The summed E-state index contributed by atoms with van der Waals surface area (Å²) in [5.74, 6) is 1.13. The predicted molar refractivity (Wildman–Crippen MR) is 118 cm³/mol. The number of halogens is 2. The number of benzene rings is 1. The van der Waals surface area contributed by atoms with Crippen molar-refractivity contribution < 1.29 is 14.3 Å². The first kappa shape index (κ1) is 23.5. The van der Waals surface area contributed by atoms with E-state index in [9.17, 15) is 4.79 Å². The normalized spacial score (nSPS) is 17.8. The molecular formula is C22H25Cl2NO3S. The van der Waals surface area contributed by atoms with Crippen LogP contribution in [0.1, 0.15) is 47.2 Å². The van der Waals surface area contributed by atoms with E-state index in [0.717, 1.165) is 32.1 Å². The van der Waals surface area contributed by atoms with Crippen molar-refractivity contribution in [1.29, 1.82) is 5.26 Å². The van der Waals surface area contributed by atoms with E-state index in [4.69, 9.17) is 33.2 Å². The molecule has 0 N–H and O–H groups in total. The lowest BCUT2D eigenvalue weighted by Crippen LogP contribution is -2.08. The van der Waals surface area contributed by atoms with Gasteiger partial charge in [0.15, 0.2) is 0 Å². The zero-order valence-corrected chi connectivity index (χ0v) is 18.9. The Labute approximate surface area is 186 Å². The summed E-state index contributed by atoms with van der Waals surface area (Å²) >= 11 is 13.3. The van der Waals surface area contributed by atoms with Crippen LogP contribution in [0.4, 0.5) is 0 Å². The van der Waals surface area contributed by atoms with E-state index in [1.807, 2.05) is 12.1 Å². The van der Waals surface area contributed by atoms with E-state index in [1.54, 1.807) is 18.2 Å². The van der Waals surface area contributed by atoms with Crippen LogP contribution in [0, 0.1) is 23.2 Å². The van der Waals surface area contributed by atoms with Crippen molar-refractivity contribution in [2.75, 3.05) is 13.7 Å². The molecule has 0 amide bonds. The van der Waals surface area contributed by atoms with Gasteiger partial charge in [-0.2, -0.15) is 5.26 Å². The molecule has 0 aliphatic heterocycles. The van der Waals surface area contributed by atoms with Crippen LogP contribution in [0.2, 0.25) is 10.0 Å². The molecule has 0 saturated heterocycles. The van der Waals surface area contributed by atoms with Gasteiger partial charge in [-0.15, -0.1) is 11.3 Å². The standard InChI is InChI=1S/C13H13Cl2NO.C9H12O2S/c14-11-4-12(15)6-13(5-11)17-8-10-2-1-9(3-10)7-16;1-3-4-7-5-6-8(12-7)9(10)11-2/h4-6,9-10H,1-3,8H2;5-6H,3-4H2,1-2H3. The Morgan fingerprint density at radius 1 is 1.24 bits per heavy atom. The Kier molecular flexibility index (Phi) is 9.80. The Bertz CT molecular complexity index is 827. The largest absolute Gasteiger partial charge is 0.493 e.